The average Bonchev–Trinajstić information content (AvgIpc) is 3.16. The van der Waals surface area contributed by atoms with Crippen molar-refractivity contribution in [3.05, 3.63) is 41.6 Å². The topological polar surface area (TPSA) is 65.6 Å². The van der Waals surface area contributed by atoms with Crippen molar-refractivity contribution < 1.29 is 18.9 Å². The number of rotatable bonds is 5. The third-order valence-corrected chi connectivity index (χ3v) is 5.01. The molecule has 0 unspecified atom stereocenters. The largest absolute Gasteiger partial charge is 0.497 e. The zero-order chi connectivity index (χ0) is 19.0. The first-order valence-corrected chi connectivity index (χ1v) is 8.75. The number of hydrogen-bond donors (Lipinski definition) is 1. The van der Waals surface area contributed by atoms with Crippen LogP contribution in [0.4, 0.5) is 0 Å². The minimum absolute atomic E-state index is 0.572. The van der Waals surface area contributed by atoms with Crippen molar-refractivity contribution in [3.63, 3.8) is 0 Å². The minimum atomic E-state index is 0.572. The number of aromatic nitrogens is 2. The van der Waals surface area contributed by atoms with Gasteiger partial charge in [-0.15, -0.1) is 0 Å². The maximum absolute atomic E-state index is 5.51. The third kappa shape index (κ3) is 2.77. The summed E-state index contributed by atoms with van der Waals surface area (Å²) in [7, 11) is 6.52. The van der Waals surface area contributed by atoms with Gasteiger partial charge in [-0.3, -0.25) is 5.10 Å². The highest BCUT2D eigenvalue weighted by Crippen LogP contribution is 2.45. The number of benzene rings is 2. The monoisotopic (exact) mass is 366 g/mol. The molecule has 0 saturated carbocycles. The van der Waals surface area contributed by atoms with Gasteiger partial charge in [0, 0.05) is 11.1 Å². The van der Waals surface area contributed by atoms with Crippen molar-refractivity contribution in [1.29, 1.82) is 0 Å². The fourth-order valence-corrected chi connectivity index (χ4v) is 3.69. The molecule has 1 aliphatic carbocycles. The molecule has 0 bridgehead atoms. The van der Waals surface area contributed by atoms with E-state index >= 15 is 0 Å². The summed E-state index contributed by atoms with van der Waals surface area (Å²) in [4.78, 5) is 0. The highest BCUT2D eigenvalue weighted by Gasteiger charge is 2.25. The van der Waals surface area contributed by atoms with Gasteiger partial charge in [-0.05, 0) is 48.2 Å². The van der Waals surface area contributed by atoms with Crippen LogP contribution in [0.25, 0.3) is 22.4 Å². The summed E-state index contributed by atoms with van der Waals surface area (Å²) >= 11 is 0. The molecular weight excluding hydrogens is 344 g/mol. The highest BCUT2D eigenvalue weighted by molar-refractivity contribution is 5.87. The highest BCUT2D eigenvalue weighted by atomic mass is 16.5. The summed E-state index contributed by atoms with van der Waals surface area (Å²) < 4.78 is 21.8. The van der Waals surface area contributed by atoms with Crippen LogP contribution in [0.2, 0.25) is 0 Å². The number of nitrogens with zero attached hydrogens (tertiary/aromatic N) is 1. The zero-order valence-electron chi connectivity index (χ0n) is 15.9. The minimum Gasteiger partial charge on any atom is -0.497 e. The Morgan fingerprint density at radius 3 is 2.22 bits per heavy atom. The molecule has 27 heavy (non-hydrogen) atoms. The molecule has 1 aromatic heterocycles. The van der Waals surface area contributed by atoms with Crippen molar-refractivity contribution in [2.45, 2.75) is 12.8 Å². The van der Waals surface area contributed by atoms with E-state index in [2.05, 4.69) is 22.3 Å². The lowest BCUT2D eigenvalue weighted by Gasteiger charge is -2.18. The summed E-state index contributed by atoms with van der Waals surface area (Å²) in [6, 6.07) is 10.1. The molecule has 140 valence electrons. The van der Waals surface area contributed by atoms with Crippen LogP contribution in [-0.2, 0) is 12.8 Å². The van der Waals surface area contributed by atoms with Crippen molar-refractivity contribution in [3.8, 4) is 45.4 Å². The second-order valence-electron chi connectivity index (χ2n) is 6.36. The molecule has 0 saturated heterocycles. The molecule has 2 aromatic carbocycles. The lowest BCUT2D eigenvalue weighted by atomic mass is 9.87. The molecule has 1 heterocycles. The second kappa shape index (κ2) is 6.87. The smallest absolute Gasteiger partial charge is 0.203 e. The van der Waals surface area contributed by atoms with Crippen LogP contribution in [0.3, 0.4) is 0 Å². The van der Waals surface area contributed by atoms with Gasteiger partial charge in [-0.2, -0.15) is 5.10 Å². The van der Waals surface area contributed by atoms with Gasteiger partial charge in [-0.1, -0.05) is 6.07 Å². The van der Waals surface area contributed by atoms with E-state index in [9.17, 15) is 0 Å². The van der Waals surface area contributed by atoms with Crippen LogP contribution >= 0.6 is 0 Å². The number of aromatic amines is 1. The number of ether oxygens (including phenoxy) is 4. The van der Waals surface area contributed by atoms with Gasteiger partial charge in [0.05, 0.1) is 39.8 Å². The summed E-state index contributed by atoms with van der Waals surface area (Å²) in [5.41, 5.74) is 6.49. The standard InChI is InChI=1S/C21H22N2O4/c1-24-14-6-7-15-12(9-14)5-8-16-19(15)20(23-22-16)13-10-17(25-2)21(27-4)18(11-13)26-3/h6-7,9-11H,5,8H2,1-4H3,(H,22,23). The fourth-order valence-electron chi connectivity index (χ4n) is 3.69. The molecule has 0 amide bonds. The molecule has 0 aliphatic heterocycles. The maximum atomic E-state index is 5.51. The first-order valence-electron chi connectivity index (χ1n) is 8.75. The average molecular weight is 366 g/mol. The first-order chi connectivity index (χ1) is 13.2. The van der Waals surface area contributed by atoms with Crippen molar-refractivity contribution in [2.75, 3.05) is 28.4 Å². The Balaban J connectivity index is 1.90. The van der Waals surface area contributed by atoms with E-state index in [1.807, 2.05) is 18.2 Å². The van der Waals surface area contributed by atoms with E-state index in [1.54, 1.807) is 28.4 Å². The molecular formula is C21H22N2O4. The van der Waals surface area contributed by atoms with E-state index in [0.717, 1.165) is 41.1 Å². The Morgan fingerprint density at radius 2 is 1.59 bits per heavy atom. The van der Waals surface area contributed by atoms with Gasteiger partial charge in [0.2, 0.25) is 5.75 Å². The molecule has 4 rings (SSSR count). The van der Waals surface area contributed by atoms with Gasteiger partial charge in [0.1, 0.15) is 5.75 Å². The predicted molar refractivity (Wildman–Crippen MR) is 103 cm³/mol. The number of aryl methyl sites for hydroxylation is 2. The predicted octanol–water partition coefficient (Wildman–Crippen LogP) is 3.88. The molecule has 0 radical (unpaired) electrons. The Bertz CT molecular complexity index is 969. The summed E-state index contributed by atoms with van der Waals surface area (Å²) in [6.45, 7) is 0. The molecule has 0 fully saturated rings. The van der Waals surface area contributed by atoms with Crippen LogP contribution in [0.15, 0.2) is 30.3 Å². The SMILES string of the molecule is COc1ccc2c(c1)CCc1n[nH]c(-c3cc(OC)c(OC)c(OC)c3)c1-2. The van der Waals surface area contributed by atoms with E-state index in [0.29, 0.717) is 17.2 Å². The second-order valence-corrected chi connectivity index (χ2v) is 6.36. The molecule has 0 atom stereocenters. The molecule has 6 heteroatoms. The maximum Gasteiger partial charge on any atom is 0.203 e. The van der Waals surface area contributed by atoms with Gasteiger partial charge in [0.15, 0.2) is 11.5 Å². The lowest BCUT2D eigenvalue weighted by molar-refractivity contribution is 0.324. The van der Waals surface area contributed by atoms with Crippen LogP contribution < -0.4 is 18.9 Å². The molecule has 1 N–H and O–H groups in total. The lowest BCUT2D eigenvalue weighted by Crippen LogP contribution is -2.04. The van der Waals surface area contributed by atoms with Crippen LogP contribution in [0, 0.1) is 0 Å². The Labute approximate surface area is 158 Å². The van der Waals surface area contributed by atoms with Crippen molar-refractivity contribution in [1.82, 2.24) is 10.2 Å². The summed E-state index contributed by atoms with van der Waals surface area (Å²) in [5, 5.41) is 7.77. The summed E-state index contributed by atoms with van der Waals surface area (Å²) in [6.07, 6.45) is 1.83. The Hall–Kier alpha value is -3.15. The van der Waals surface area contributed by atoms with Gasteiger partial charge >= 0.3 is 0 Å². The van der Waals surface area contributed by atoms with E-state index in [4.69, 9.17) is 18.9 Å². The Kier molecular flexibility index (Phi) is 4.39. The van der Waals surface area contributed by atoms with Gasteiger partial charge in [-0.25, -0.2) is 0 Å². The van der Waals surface area contributed by atoms with Crippen LogP contribution in [-0.4, -0.2) is 38.6 Å². The van der Waals surface area contributed by atoms with Crippen LogP contribution in [0.1, 0.15) is 11.3 Å². The number of fused-ring (bicyclic) bond motifs is 3. The van der Waals surface area contributed by atoms with Crippen LogP contribution in [0.5, 0.6) is 23.0 Å². The quantitative estimate of drug-likeness (QED) is 0.742. The number of methoxy groups -OCH3 is 4. The molecule has 3 aromatic rings. The van der Waals surface area contributed by atoms with E-state index in [-0.39, 0.29) is 0 Å². The molecule has 1 aliphatic rings. The molecule has 0 spiro atoms. The van der Waals surface area contributed by atoms with E-state index < -0.39 is 0 Å². The number of H-pyrrole nitrogens is 1. The van der Waals surface area contributed by atoms with Gasteiger partial charge in [0.25, 0.3) is 0 Å². The fraction of sp³-hybridized carbons (Fsp3) is 0.286. The summed E-state index contributed by atoms with van der Waals surface area (Å²) in [5.74, 6) is 2.67. The number of nitrogens with one attached hydrogen (secondary N) is 1. The third-order valence-electron chi connectivity index (χ3n) is 5.01. The molecule has 6 nitrogen and oxygen atoms in total. The number of hydrogen-bond acceptors (Lipinski definition) is 5. The zero-order valence-corrected chi connectivity index (χ0v) is 15.9. The van der Waals surface area contributed by atoms with E-state index in [1.165, 1.54) is 11.1 Å². The van der Waals surface area contributed by atoms with Crippen molar-refractivity contribution >= 4 is 0 Å². The van der Waals surface area contributed by atoms with Crippen molar-refractivity contribution in [2.24, 2.45) is 0 Å². The Morgan fingerprint density at radius 1 is 0.852 bits per heavy atom. The normalized spacial score (nSPS) is 12.1. The first kappa shape index (κ1) is 17.3. The van der Waals surface area contributed by atoms with Gasteiger partial charge < -0.3 is 18.9 Å².